The van der Waals surface area contributed by atoms with Crippen molar-refractivity contribution in [2.75, 3.05) is 13.6 Å². The molecule has 2 aromatic heterocycles. The van der Waals surface area contributed by atoms with Gasteiger partial charge >= 0.3 is 0 Å². The molecule has 0 aromatic carbocycles. The quantitative estimate of drug-likeness (QED) is 0.845. The van der Waals surface area contributed by atoms with Gasteiger partial charge in [-0.05, 0) is 45.0 Å². The van der Waals surface area contributed by atoms with Crippen molar-refractivity contribution >= 4 is 11.2 Å². The summed E-state index contributed by atoms with van der Waals surface area (Å²) in [6, 6.07) is 4.67. The fourth-order valence-electron chi connectivity index (χ4n) is 3.03. The molecule has 4 nitrogen and oxygen atoms in total. The van der Waals surface area contributed by atoms with Gasteiger partial charge in [-0.25, -0.2) is 9.97 Å². The van der Waals surface area contributed by atoms with E-state index in [4.69, 9.17) is 4.98 Å². The summed E-state index contributed by atoms with van der Waals surface area (Å²) in [6.45, 7) is 4.45. The van der Waals surface area contributed by atoms with Crippen LogP contribution in [-0.2, 0) is 13.0 Å². The van der Waals surface area contributed by atoms with Crippen molar-refractivity contribution in [1.82, 2.24) is 19.4 Å². The third-order valence-electron chi connectivity index (χ3n) is 4.12. The highest BCUT2D eigenvalue weighted by atomic mass is 15.2. The number of rotatable bonds is 4. The summed E-state index contributed by atoms with van der Waals surface area (Å²) < 4.78 is 2.34. The van der Waals surface area contributed by atoms with E-state index in [-0.39, 0.29) is 0 Å². The summed E-state index contributed by atoms with van der Waals surface area (Å²) in [5.74, 6) is 1.19. The molecule has 19 heavy (non-hydrogen) atoms. The first-order valence-corrected chi connectivity index (χ1v) is 7.30. The molecular formula is C15H22N4. The third kappa shape index (κ3) is 2.37. The van der Waals surface area contributed by atoms with Gasteiger partial charge in [0.05, 0.1) is 0 Å². The largest absolute Gasteiger partial charge is 0.311 e. The van der Waals surface area contributed by atoms with Gasteiger partial charge in [-0.1, -0.05) is 6.92 Å². The molecule has 0 N–H and O–H groups in total. The molecule has 0 aliphatic carbocycles. The Bertz CT molecular complexity index is 560. The molecule has 1 unspecified atom stereocenters. The third-order valence-corrected chi connectivity index (χ3v) is 4.12. The summed E-state index contributed by atoms with van der Waals surface area (Å²) >= 11 is 0. The maximum atomic E-state index is 4.75. The zero-order valence-corrected chi connectivity index (χ0v) is 11.8. The average Bonchev–Trinajstić information content (AvgIpc) is 2.96. The normalized spacial score (nSPS) is 20.4. The molecule has 1 aliphatic heterocycles. The van der Waals surface area contributed by atoms with Gasteiger partial charge in [-0.15, -0.1) is 0 Å². The zero-order chi connectivity index (χ0) is 13.2. The van der Waals surface area contributed by atoms with Crippen LogP contribution in [0.25, 0.3) is 11.2 Å². The van der Waals surface area contributed by atoms with Crippen molar-refractivity contribution in [2.45, 2.75) is 45.2 Å². The molecule has 1 saturated heterocycles. The summed E-state index contributed by atoms with van der Waals surface area (Å²) in [4.78, 5) is 11.7. The van der Waals surface area contributed by atoms with Crippen molar-refractivity contribution in [3.63, 3.8) is 0 Å². The van der Waals surface area contributed by atoms with Gasteiger partial charge in [0, 0.05) is 25.2 Å². The number of aryl methyl sites for hydroxylation is 1. The predicted octanol–water partition coefficient (Wildman–Crippen LogP) is 2.48. The lowest BCUT2D eigenvalue weighted by molar-refractivity contribution is 0.281. The van der Waals surface area contributed by atoms with E-state index in [1.165, 1.54) is 25.2 Å². The van der Waals surface area contributed by atoms with Crippen molar-refractivity contribution in [3.05, 3.63) is 24.2 Å². The van der Waals surface area contributed by atoms with Crippen LogP contribution in [0.5, 0.6) is 0 Å². The van der Waals surface area contributed by atoms with Crippen molar-refractivity contribution in [3.8, 4) is 0 Å². The van der Waals surface area contributed by atoms with Crippen LogP contribution in [0.2, 0.25) is 0 Å². The predicted molar refractivity (Wildman–Crippen MR) is 77.2 cm³/mol. The standard InChI is InChI=1S/C15H22N4/c1-3-6-14-17-13-8-4-9-16-15(13)19(14)11-12-7-5-10-18(12)2/h4,8-9,12H,3,5-7,10-11H2,1-2H3. The Balaban J connectivity index is 1.97. The molecule has 0 amide bonds. The fourth-order valence-corrected chi connectivity index (χ4v) is 3.03. The molecule has 0 saturated carbocycles. The number of pyridine rings is 1. The van der Waals surface area contributed by atoms with E-state index in [2.05, 4.69) is 34.5 Å². The van der Waals surface area contributed by atoms with Gasteiger partial charge in [-0.3, -0.25) is 0 Å². The Morgan fingerprint density at radius 1 is 1.42 bits per heavy atom. The molecule has 1 aliphatic rings. The van der Waals surface area contributed by atoms with Crippen molar-refractivity contribution < 1.29 is 0 Å². The zero-order valence-electron chi connectivity index (χ0n) is 11.8. The molecule has 0 spiro atoms. The maximum Gasteiger partial charge on any atom is 0.160 e. The second-order valence-electron chi connectivity index (χ2n) is 5.51. The van der Waals surface area contributed by atoms with Gasteiger partial charge in [0.15, 0.2) is 5.65 Å². The summed E-state index contributed by atoms with van der Waals surface area (Å²) in [5.41, 5.74) is 2.08. The Hall–Kier alpha value is -1.42. The molecular weight excluding hydrogens is 236 g/mol. The summed E-state index contributed by atoms with van der Waals surface area (Å²) in [6.07, 6.45) is 6.63. The number of nitrogens with zero attached hydrogens (tertiary/aromatic N) is 4. The molecule has 102 valence electrons. The van der Waals surface area contributed by atoms with Crippen LogP contribution < -0.4 is 0 Å². The lowest BCUT2D eigenvalue weighted by Gasteiger charge is -2.21. The van der Waals surface area contributed by atoms with Gasteiger partial charge in [0.1, 0.15) is 11.3 Å². The number of fused-ring (bicyclic) bond motifs is 1. The van der Waals surface area contributed by atoms with Crippen LogP contribution in [0.1, 0.15) is 32.0 Å². The van der Waals surface area contributed by atoms with Crippen LogP contribution >= 0.6 is 0 Å². The van der Waals surface area contributed by atoms with Crippen LogP contribution in [0, 0.1) is 0 Å². The topological polar surface area (TPSA) is 34.0 Å². The Morgan fingerprint density at radius 3 is 3.05 bits per heavy atom. The average molecular weight is 258 g/mol. The van der Waals surface area contributed by atoms with Gasteiger partial charge in [-0.2, -0.15) is 0 Å². The Labute approximate surface area is 114 Å². The smallest absolute Gasteiger partial charge is 0.160 e. The van der Waals surface area contributed by atoms with Gasteiger partial charge in [0.25, 0.3) is 0 Å². The number of imidazole rings is 1. The Kier molecular flexibility index (Phi) is 3.51. The molecule has 0 radical (unpaired) electrons. The minimum absolute atomic E-state index is 0.634. The SMILES string of the molecule is CCCc1nc2cccnc2n1CC1CCCN1C. The maximum absolute atomic E-state index is 4.75. The van der Waals surface area contributed by atoms with E-state index in [1.54, 1.807) is 0 Å². The highest BCUT2D eigenvalue weighted by Crippen LogP contribution is 2.21. The number of likely N-dealkylation sites (tertiary alicyclic amines) is 1. The van der Waals surface area contributed by atoms with Crippen molar-refractivity contribution in [2.24, 2.45) is 0 Å². The number of hydrogen-bond donors (Lipinski definition) is 0. The summed E-state index contributed by atoms with van der Waals surface area (Å²) in [7, 11) is 2.23. The van der Waals surface area contributed by atoms with Crippen LogP contribution in [0.15, 0.2) is 18.3 Å². The second kappa shape index (κ2) is 5.29. The summed E-state index contributed by atoms with van der Waals surface area (Å²) in [5, 5.41) is 0. The molecule has 2 aromatic rings. The van der Waals surface area contributed by atoms with E-state index in [0.717, 1.165) is 30.6 Å². The van der Waals surface area contributed by atoms with E-state index in [9.17, 15) is 0 Å². The highest BCUT2D eigenvalue weighted by Gasteiger charge is 2.23. The molecule has 1 fully saturated rings. The van der Waals surface area contributed by atoms with E-state index < -0.39 is 0 Å². The highest BCUT2D eigenvalue weighted by molar-refractivity contribution is 5.71. The molecule has 3 rings (SSSR count). The van der Waals surface area contributed by atoms with Crippen LogP contribution in [0.4, 0.5) is 0 Å². The first kappa shape index (κ1) is 12.6. The first-order valence-electron chi connectivity index (χ1n) is 7.30. The molecule has 3 heterocycles. The number of hydrogen-bond acceptors (Lipinski definition) is 3. The lowest BCUT2D eigenvalue weighted by Crippen LogP contribution is -2.30. The van der Waals surface area contributed by atoms with Crippen LogP contribution in [0.3, 0.4) is 0 Å². The Morgan fingerprint density at radius 2 is 2.32 bits per heavy atom. The van der Waals surface area contributed by atoms with E-state index in [0.29, 0.717) is 6.04 Å². The number of likely N-dealkylation sites (N-methyl/N-ethyl adjacent to an activating group) is 1. The first-order chi connectivity index (χ1) is 9.29. The molecule has 0 bridgehead atoms. The molecule has 1 atom stereocenters. The van der Waals surface area contributed by atoms with Gasteiger partial charge in [0.2, 0.25) is 0 Å². The van der Waals surface area contributed by atoms with E-state index >= 15 is 0 Å². The van der Waals surface area contributed by atoms with Crippen LogP contribution in [-0.4, -0.2) is 39.1 Å². The van der Waals surface area contributed by atoms with Gasteiger partial charge < -0.3 is 9.47 Å². The van der Waals surface area contributed by atoms with E-state index in [1.807, 2.05) is 12.3 Å². The number of aromatic nitrogens is 3. The monoisotopic (exact) mass is 258 g/mol. The molecule has 4 heteroatoms. The second-order valence-corrected chi connectivity index (χ2v) is 5.51. The fraction of sp³-hybridized carbons (Fsp3) is 0.600. The minimum atomic E-state index is 0.634. The van der Waals surface area contributed by atoms with Crippen molar-refractivity contribution in [1.29, 1.82) is 0 Å². The minimum Gasteiger partial charge on any atom is -0.311 e. The lowest BCUT2D eigenvalue weighted by atomic mass is 10.2.